The van der Waals surface area contributed by atoms with E-state index < -0.39 is 0 Å². The molecule has 9 aromatic rings. The molecule has 214 valence electrons. The number of fused-ring (bicyclic) bond motifs is 12. The zero-order valence-corrected chi connectivity index (χ0v) is 25.1. The highest BCUT2D eigenvalue weighted by Gasteiger charge is 2.12. The van der Waals surface area contributed by atoms with E-state index in [9.17, 15) is 0 Å². The highest BCUT2D eigenvalue weighted by molar-refractivity contribution is 6.30. The summed E-state index contributed by atoms with van der Waals surface area (Å²) in [7, 11) is 0. The fourth-order valence-electron chi connectivity index (χ4n) is 7.02. The average Bonchev–Trinajstić information content (AvgIpc) is 3.14. The zero-order valence-electron chi connectivity index (χ0n) is 25.1. The van der Waals surface area contributed by atoms with Gasteiger partial charge in [0.25, 0.3) is 0 Å². The molecule has 8 aromatic carbocycles. The standard InChI is InChI=1S/C44H28N2/c1-2-13-30(14-3-1)44-45-27-32(28-46-44)31-23-24-39-37-19-9-7-17-35(37)34-16-6-8-18-36(34)38-20-10-11-21-40(38)43-33-15-5-4-12-29(33)22-25-41(43)42(39)26-31/h1-28H. The molecule has 2 heteroatoms. The predicted octanol–water partition coefficient (Wildman–Crippen LogP) is 11.9. The lowest BCUT2D eigenvalue weighted by molar-refractivity contribution is 1.18. The number of rotatable bonds is 2. The zero-order chi connectivity index (χ0) is 30.5. The van der Waals surface area contributed by atoms with Gasteiger partial charge in [-0.2, -0.15) is 0 Å². The molecule has 0 fully saturated rings. The van der Waals surface area contributed by atoms with Crippen molar-refractivity contribution in [3.63, 3.8) is 0 Å². The molecule has 0 radical (unpaired) electrons. The Hall–Kier alpha value is -6.12. The van der Waals surface area contributed by atoms with E-state index in [0.717, 1.165) is 22.5 Å². The molecule has 1 heterocycles. The fourth-order valence-corrected chi connectivity index (χ4v) is 7.02. The summed E-state index contributed by atoms with van der Waals surface area (Å²) in [4.78, 5) is 9.53. The van der Waals surface area contributed by atoms with Crippen molar-refractivity contribution in [3.05, 3.63) is 170 Å². The smallest absolute Gasteiger partial charge is 0.159 e. The molecule has 0 bridgehead atoms. The molecule has 1 aromatic heterocycles. The van der Waals surface area contributed by atoms with Gasteiger partial charge in [-0.15, -0.1) is 0 Å². The van der Waals surface area contributed by atoms with Crippen LogP contribution in [-0.4, -0.2) is 9.97 Å². The monoisotopic (exact) mass is 584 g/mol. The number of nitrogens with zero attached hydrogens (tertiary/aromatic N) is 2. The van der Waals surface area contributed by atoms with Gasteiger partial charge in [0.15, 0.2) is 5.82 Å². The van der Waals surface area contributed by atoms with E-state index in [2.05, 4.69) is 127 Å². The second-order valence-corrected chi connectivity index (χ2v) is 11.8. The minimum absolute atomic E-state index is 0.726. The Balaban J connectivity index is 1.49. The van der Waals surface area contributed by atoms with Gasteiger partial charge >= 0.3 is 0 Å². The highest BCUT2D eigenvalue weighted by atomic mass is 14.9. The molecule has 2 nitrogen and oxygen atoms in total. The molecule has 0 atom stereocenters. The van der Waals surface area contributed by atoms with Gasteiger partial charge in [-0.25, -0.2) is 9.97 Å². The maximum atomic E-state index is 4.76. The maximum absolute atomic E-state index is 4.76. The maximum Gasteiger partial charge on any atom is 0.159 e. The van der Waals surface area contributed by atoms with Gasteiger partial charge in [0.1, 0.15) is 0 Å². The molecule has 0 N–H and O–H groups in total. The van der Waals surface area contributed by atoms with Crippen LogP contribution in [0.1, 0.15) is 0 Å². The number of aromatic nitrogens is 2. The third kappa shape index (κ3) is 4.27. The summed E-state index contributed by atoms with van der Waals surface area (Å²) in [6, 6.07) is 56.8. The van der Waals surface area contributed by atoms with Crippen molar-refractivity contribution >= 4 is 64.6 Å². The average molecular weight is 585 g/mol. The lowest BCUT2D eigenvalue weighted by Gasteiger charge is -2.12. The quantitative estimate of drug-likeness (QED) is 0.202. The fraction of sp³-hybridized carbons (Fsp3) is 0. The third-order valence-electron chi connectivity index (χ3n) is 9.18. The molecule has 0 unspecified atom stereocenters. The first-order chi connectivity index (χ1) is 22.8. The first kappa shape index (κ1) is 26.3. The molecule has 0 aliphatic rings. The summed E-state index contributed by atoms with van der Waals surface area (Å²) in [5, 5.41) is 14.7. The third-order valence-corrected chi connectivity index (χ3v) is 9.18. The van der Waals surface area contributed by atoms with Crippen molar-refractivity contribution in [2.45, 2.75) is 0 Å². The molecule has 9 rings (SSSR count). The normalized spacial score (nSPS) is 11.5. The second kappa shape index (κ2) is 10.8. The lowest BCUT2D eigenvalue weighted by Crippen LogP contribution is -1.90. The Bertz CT molecular complexity index is 2680. The highest BCUT2D eigenvalue weighted by Crippen LogP contribution is 2.39. The van der Waals surface area contributed by atoms with Crippen LogP contribution in [0.25, 0.3) is 87.1 Å². The minimum Gasteiger partial charge on any atom is -0.236 e. The van der Waals surface area contributed by atoms with Crippen LogP contribution in [0, 0.1) is 0 Å². The summed E-state index contributed by atoms with van der Waals surface area (Å²) in [6.45, 7) is 0. The second-order valence-electron chi connectivity index (χ2n) is 11.8. The van der Waals surface area contributed by atoms with E-state index >= 15 is 0 Å². The van der Waals surface area contributed by atoms with Crippen LogP contribution in [0.4, 0.5) is 0 Å². The number of hydrogen-bond donors (Lipinski definition) is 0. The summed E-state index contributed by atoms with van der Waals surface area (Å²) in [5.74, 6) is 0.726. The predicted molar refractivity (Wildman–Crippen MR) is 196 cm³/mol. The van der Waals surface area contributed by atoms with E-state index in [1.165, 1.54) is 64.6 Å². The topological polar surface area (TPSA) is 25.8 Å². The molecule has 0 aliphatic carbocycles. The van der Waals surface area contributed by atoms with Crippen molar-refractivity contribution in [2.24, 2.45) is 0 Å². The van der Waals surface area contributed by atoms with Gasteiger partial charge in [0, 0.05) is 23.5 Å². The van der Waals surface area contributed by atoms with Crippen LogP contribution < -0.4 is 0 Å². The SMILES string of the molecule is c1ccc(-c2ncc(-c3ccc4c5ccccc5c5ccccc5c5ccccc5c5c6ccccc6ccc5c4c3)cn2)cc1. The van der Waals surface area contributed by atoms with Crippen molar-refractivity contribution in [2.75, 3.05) is 0 Å². The molecule has 0 aliphatic heterocycles. The van der Waals surface area contributed by atoms with Crippen LogP contribution >= 0.6 is 0 Å². The van der Waals surface area contributed by atoms with Gasteiger partial charge in [0.2, 0.25) is 0 Å². The molecule has 46 heavy (non-hydrogen) atoms. The van der Waals surface area contributed by atoms with Crippen LogP contribution in [0.15, 0.2) is 170 Å². The van der Waals surface area contributed by atoms with Crippen molar-refractivity contribution in [1.29, 1.82) is 0 Å². The Morgan fingerprint density at radius 3 is 1.37 bits per heavy atom. The van der Waals surface area contributed by atoms with E-state index in [1.54, 1.807) is 0 Å². The van der Waals surface area contributed by atoms with Crippen molar-refractivity contribution in [1.82, 2.24) is 9.97 Å². The van der Waals surface area contributed by atoms with Crippen LogP contribution in [-0.2, 0) is 0 Å². The van der Waals surface area contributed by atoms with Gasteiger partial charge in [-0.3, -0.25) is 0 Å². The molecule has 0 saturated carbocycles. The minimum atomic E-state index is 0.726. The van der Waals surface area contributed by atoms with Crippen LogP contribution in [0.3, 0.4) is 0 Å². The molecule has 0 amide bonds. The summed E-state index contributed by atoms with van der Waals surface area (Å²) >= 11 is 0. The Kier molecular flexibility index (Phi) is 6.17. The first-order valence-electron chi connectivity index (χ1n) is 15.7. The summed E-state index contributed by atoms with van der Waals surface area (Å²) in [6.07, 6.45) is 3.89. The van der Waals surface area contributed by atoms with Crippen LogP contribution in [0.5, 0.6) is 0 Å². The number of benzene rings is 7. The largest absolute Gasteiger partial charge is 0.236 e. The van der Waals surface area contributed by atoms with Gasteiger partial charge in [-0.1, -0.05) is 152 Å². The van der Waals surface area contributed by atoms with Gasteiger partial charge < -0.3 is 0 Å². The Morgan fingerprint density at radius 2 is 0.739 bits per heavy atom. The van der Waals surface area contributed by atoms with Gasteiger partial charge in [-0.05, 0) is 76.3 Å². The first-order valence-corrected chi connectivity index (χ1v) is 15.7. The lowest BCUT2D eigenvalue weighted by atomic mass is 9.91. The van der Waals surface area contributed by atoms with E-state index in [4.69, 9.17) is 9.97 Å². The number of hydrogen-bond acceptors (Lipinski definition) is 2. The summed E-state index contributed by atoms with van der Waals surface area (Å²) < 4.78 is 0. The van der Waals surface area contributed by atoms with Gasteiger partial charge in [0.05, 0.1) is 0 Å². The Labute approximate surface area is 266 Å². The van der Waals surface area contributed by atoms with E-state index in [0.29, 0.717) is 0 Å². The van der Waals surface area contributed by atoms with Crippen molar-refractivity contribution in [3.8, 4) is 22.5 Å². The van der Waals surface area contributed by atoms with Crippen molar-refractivity contribution < 1.29 is 0 Å². The van der Waals surface area contributed by atoms with Crippen LogP contribution in [0.2, 0.25) is 0 Å². The molecular weight excluding hydrogens is 556 g/mol. The molecule has 0 saturated heterocycles. The van der Waals surface area contributed by atoms with E-state index in [-0.39, 0.29) is 0 Å². The molecule has 0 spiro atoms. The summed E-state index contributed by atoms with van der Waals surface area (Å²) in [5.41, 5.74) is 3.08. The molecular formula is C44H28N2. The Morgan fingerprint density at radius 1 is 0.283 bits per heavy atom. The van der Waals surface area contributed by atoms with E-state index in [1.807, 2.05) is 42.7 Å².